The molecule has 0 aliphatic rings. The molecule has 0 saturated heterocycles. The summed E-state index contributed by atoms with van der Waals surface area (Å²) in [7, 11) is 1.53. The van der Waals surface area contributed by atoms with Gasteiger partial charge in [-0.1, -0.05) is 12.1 Å². The number of nitrogens with zero attached hydrogens (tertiary/aromatic N) is 1. The minimum atomic E-state index is -0.930. The second-order valence-electron chi connectivity index (χ2n) is 4.40. The Morgan fingerprint density at radius 1 is 1.33 bits per heavy atom. The summed E-state index contributed by atoms with van der Waals surface area (Å²) in [5.41, 5.74) is 1.12. The average molecular weight is 296 g/mol. The second kappa shape index (κ2) is 8.93. The number of methoxy groups -OCH3 is 1. The molecule has 7 heteroatoms. The van der Waals surface area contributed by atoms with E-state index in [1.54, 1.807) is 24.3 Å². The molecule has 0 saturated carbocycles. The molecular weight excluding hydrogens is 276 g/mol. The lowest BCUT2D eigenvalue weighted by Gasteiger charge is -2.21. The van der Waals surface area contributed by atoms with E-state index in [1.807, 2.05) is 0 Å². The van der Waals surface area contributed by atoms with Crippen LogP contribution in [-0.2, 0) is 16.0 Å². The Morgan fingerprint density at radius 2 is 2.10 bits per heavy atom. The van der Waals surface area contributed by atoms with Gasteiger partial charge in [0.2, 0.25) is 0 Å². The molecule has 116 valence electrons. The van der Waals surface area contributed by atoms with Crippen molar-refractivity contribution in [1.29, 1.82) is 0 Å². The van der Waals surface area contributed by atoms with Gasteiger partial charge in [0.1, 0.15) is 0 Å². The third kappa shape index (κ3) is 6.24. The van der Waals surface area contributed by atoms with Crippen molar-refractivity contribution in [3.63, 3.8) is 0 Å². The summed E-state index contributed by atoms with van der Waals surface area (Å²) in [5.74, 6) is -0.930. The number of carboxylic acids is 1. The van der Waals surface area contributed by atoms with Crippen molar-refractivity contribution in [3.8, 4) is 0 Å². The number of aliphatic hydroxyl groups excluding tert-OH is 1. The van der Waals surface area contributed by atoms with E-state index in [1.165, 1.54) is 12.0 Å². The SMILES string of the molecule is COCCN(CCO)C(=O)Nc1cccc(CC(=O)O)c1. The van der Waals surface area contributed by atoms with Gasteiger partial charge in [0, 0.05) is 25.9 Å². The van der Waals surface area contributed by atoms with Crippen molar-refractivity contribution in [2.75, 3.05) is 38.7 Å². The van der Waals surface area contributed by atoms with E-state index in [0.717, 1.165) is 0 Å². The number of aliphatic carboxylic acids is 1. The van der Waals surface area contributed by atoms with Gasteiger partial charge in [0.05, 0.1) is 19.6 Å². The zero-order chi connectivity index (χ0) is 15.7. The third-order valence-electron chi connectivity index (χ3n) is 2.76. The first-order valence-electron chi connectivity index (χ1n) is 6.53. The van der Waals surface area contributed by atoms with E-state index in [-0.39, 0.29) is 25.6 Å². The van der Waals surface area contributed by atoms with Gasteiger partial charge in [-0.2, -0.15) is 0 Å². The molecule has 0 unspecified atom stereocenters. The number of aliphatic hydroxyl groups is 1. The van der Waals surface area contributed by atoms with Crippen LogP contribution >= 0.6 is 0 Å². The van der Waals surface area contributed by atoms with Gasteiger partial charge in [-0.15, -0.1) is 0 Å². The van der Waals surface area contributed by atoms with Gasteiger partial charge >= 0.3 is 12.0 Å². The Kier molecular flexibility index (Phi) is 7.20. The topological polar surface area (TPSA) is 99.1 Å². The van der Waals surface area contributed by atoms with Crippen LogP contribution in [0.1, 0.15) is 5.56 Å². The molecule has 7 nitrogen and oxygen atoms in total. The monoisotopic (exact) mass is 296 g/mol. The van der Waals surface area contributed by atoms with Crippen LogP contribution in [0.15, 0.2) is 24.3 Å². The Labute approximate surface area is 123 Å². The summed E-state index contributed by atoms with van der Waals surface area (Å²) in [5, 5.41) is 20.4. The van der Waals surface area contributed by atoms with Crippen LogP contribution in [0, 0.1) is 0 Å². The molecule has 0 aliphatic heterocycles. The van der Waals surface area contributed by atoms with Crippen LogP contribution in [0.5, 0.6) is 0 Å². The number of rotatable bonds is 8. The largest absolute Gasteiger partial charge is 0.481 e. The van der Waals surface area contributed by atoms with Gasteiger partial charge in [-0.25, -0.2) is 4.79 Å². The zero-order valence-electron chi connectivity index (χ0n) is 11.9. The predicted octanol–water partition coefficient (Wildman–Crippen LogP) is 0.786. The zero-order valence-corrected chi connectivity index (χ0v) is 11.9. The standard InChI is InChI=1S/C14H20N2O5/c1-21-8-6-16(5-7-17)14(20)15-12-4-2-3-11(9-12)10-13(18)19/h2-4,9,17H,5-8,10H2,1H3,(H,15,20)(H,18,19). The van der Waals surface area contributed by atoms with Crippen LogP contribution < -0.4 is 5.32 Å². The van der Waals surface area contributed by atoms with Crippen LogP contribution in [0.4, 0.5) is 10.5 Å². The number of hydrogen-bond donors (Lipinski definition) is 3. The van der Waals surface area contributed by atoms with Crippen molar-refractivity contribution in [2.45, 2.75) is 6.42 Å². The molecule has 0 aromatic heterocycles. The second-order valence-corrected chi connectivity index (χ2v) is 4.40. The number of hydrogen-bond acceptors (Lipinski definition) is 4. The number of anilines is 1. The van der Waals surface area contributed by atoms with Gasteiger partial charge in [-0.05, 0) is 17.7 Å². The first-order chi connectivity index (χ1) is 10.1. The maximum absolute atomic E-state index is 12.1. The molecule has 0 fully saturated rings. The minimum absolute atomic E-state index is 0.103. The fourth-order valence-electron chi connectivity index (χ4n) is 1.77. The highest BCUT2D eigenvalue weighted by atomic mass is 16.5. The fraction of sp³-hybridized carbons (Fsp3) is 0.429. The molecule has 1 aromatic rings. The summed E-state index contributed by atoms with van der Waals surface area (Å²) in [4.78, 5) is 24.2. The smallest absolute Gasteiger partial charge is 0.321 e. The van der Waals surface area contributed by atoms with E-state index in [9.17, 15) is 9.59 Å². The maximum atomic E-state index is 12.1. The van der Waals surface area contributed by atoms with Crippen molar-refractivity contribution in [2.24, 2.45) is 0 Å². The minimum Gasteiger partial charge on any atom is -0.481 e. The summed E-state index contributed by atoms with van der Waals surface area (Å²) >= 11 is 0. The van der Waals surface area contributed by atoms with Crippen molar-refractivity contribution >= 4 is 17.7 Å². The molecule has 3 N–H and O–H groups in total. The van der Waals surface area contributed by atoms with Gasteiger partial charge in [-0.3, -0.25) is 4.79 Å². The number of nitrogens with one attached hydrogen (secondary N) is 1. The molecule has 0 radical (unpaired) electrons. The van der Waals surface area contributed by atoms with E-state index < -0.39 is 5.97 Å². The number of carbonyl (C=O) groups is 2. The van der Waals surface area contributed by atoms with Crippen molar-refractivity contribution in [1.82, 2.24) is 4.90 Å². The molecule has 0 bridgehead atoms. The highest BCUT2D eigenvalue weighted by Crippen LogP contribution is 2.12. The summed E-state index contributed by atoms with van der Waals surface area (Å²) in [6.07, 6.45) is -0.103. The summed E-state index contributed by atoms with van der Waals surface area (Å²) in [6.45, 7) is 0.782. The number of benzene rings is 1. The number of ether oxygens (including phenoxy) is 1. The Balaban J connectivity index is 2.68. The van der Waals surface area contributed by atoms with Crippen LogP contribution in [0.2, 0.25) is 0 Å². The number of amides is 2. The Bertz CT molecular complexity index is 478. The average Bonchev–Trinajstić information content (AvgIpc) is 2.43. The molecule has 2 amide bonds. The fourth-order valence-corrected chi connectivity index (χ4v) is 1.77. The Hall–Kier alpha value is -2.12. The predicted molar refractivity (Wildman–Crippen MR) is 77.3 cm³/mol. The number of carbonyl (C=O) groups excluding carboxylic acids is 1. The molecular formula is C14H20N2O5. The summed E-state index contributed by atoms with van der Waals surface area (Å²) < 4.78 is 4.91. The highest BCUT2D eigenvalue weighted by molar-refractivity contribution is 5.89. The van der Waals surface area contributed by atoms with Crippen LogP contribution in [-0.4, -0.2) is 60.5 Å². The first-order valence-corrected chi connectivity index (χ1v) is 6.53. The lowest BCUT2D eigenvalue weighted by Crippen LogP contribution is -2.39. The maximum Gasteiger partial charge on any atom is 0.321 e. The number of carboxylic acid groups (broad SMARTS) is 1. The molecule has 0 spiro atoms. The lowest BCUT2D eigenvalue weighted by atomic mass is 10.1. The Morgan fingerprint density at radius 3 is 2.71 bits per heavy atom. The van der Waals surface area contributed by atoms with E-state index in [2.05, 4.69) is 5.32 Å². The van der Waals surface area contributed by atoms with E-state index in [4.69, 9.17) is 14.9 Å². The normalized spacial score (nSPS) is 10.2. The van der Waals surface area contributed by atoms with Crippen molar-refractivity contribution in [3.05, 3.63) is 29.8 Å². The van der Waals surface area contributed by atoms with E-state index >= 15 is 0 Å². The molecule has 1 rings (SSSR count). The van der Waals surface area contributed by atoms with Gasteiger partial charge in [0.25, 0.3) is 0 Å². The van der Waals surface area contributed by atoms with Crippen LogP contribution in [0.25, 0.3) is 0 Å². The molecule has 21 heavy (non-hydrogen) atoms. The molecule has 0 heterocycles. The summed E-state index contributed by atoms with van der Waals surface area (Å²) in [6, 6.07) is 6.28. The quantitative estimate of drug-likeness (QED) is 0.658. The molecule has 0 atom stereocenters. The third-order valence-corrected chi connectivity index (χ3v) is 2.76. The number of urea groups is 1. The van der Waals surface area contributed by atoms with Crippen LogP contribution in [0.3, 0.4) is 0 Å². The molecule has 0 aliphatic carbocycles. The van der Waals surface area contributed by atoms with Crippen molar-refractivity contribution < 1.29 is 24.5 Å². The molecule has 1 aromatic carbocycles. The highest BCUT2D eigenvalue weighted by Gasteiger charge is 2.13. The van der Waals surface area contributed by atoms with E-state index in [0.29, 0.717) is 24.4 Å². The van der Waals surface area contributed by atoms with Gasteiger partial charge in [0.15, 0.2) is 0 Å². The lowest BCUT2D eigenvalue weighted by molar-refractivity contribution is -0.136. The van der Waals surface area contributed by atoms with Gasteiger partial charge < -0.3 is 25.2 Å². The first kappa shape index (κ1) is 16.9.